The van der Waals surface area contributed by atoms with Crippen molar-refractivity contribution in [1.82, 2.24) is 15.3 Å². The Morgan fingerprint density at radius 2 is 1.68 bits per heavy atom. The summed E-state index contributed by atoms with van der Waals surface area (Å²) in [6.45, 7) is 2.01. The summed E-state index contributed by atoms with van der Waals surface area (Å²) in [6.07, 6.45) is 3.92. The predicted octanol–water partition coefficient (Wildman–Crippen LogP) is 4.83. The van der Waals surface area contributed by atoms with E-state index in [2.05, 4.69) is 15.3 Å². The van der Waals surface area contributed by atoms with Gasteiger partial charge in [-0.05, 0) is 42.3 Å². The number of para-hydroxylation sites is 2. The van der Waals surface area contributed by atoms with Crippen LogP contribution in [-0.4, -0.2) is 33.2 Å². The lowest BCUT2D eigenvalue weighted by Crippen LogP contribution is -2.38. The van der Waals surface area contributed by atoms with Crippen LogP contribution in [0.2, 0.25) is 0 Å². The minimum absolute atomic E-state index is 0.138. The number of amides is 1. The van der Waals surface area contributed by atoms with E-state index in [0.717, 1.165) is 17.0 Å². The summed E-state index contributed by atoms with van der Waals surface area (Å²) >= 11 is 1.24. The van der Waals surface area contributed by atoms with Crippen molar-refractivity contribution >= 4 is 40.6 Å². The van der Waals surface area contributed by atoms with E-state index in [1.807, 2.05) is 31.2 Å². The highest BCUT2D eigenvalue weighted by molar-refractivity contribution is 7.99. The summed E-state index contributed by atoms with van der Waals surface area (Å²) in [5.74, 6) is -0.327. The number of thioether (sulfide) groups is 1. The van der Waals surface area contributed by atoms with Crippen molar-refractivity contribution < 1.29 is 9.18 Å². The molecule has 0 saturated carbocycles. The number of carbonyl (C=O) groups excluding carboxylic acids is 1. The number of nitrogens with one attached hydrogen (secondary N) is 1. The van der Waals surface area contributed by atoms with E-state index in [9.17, 15) is 9.18 Å². The molecule has 0 bridgehead atoms. The second kappa shape index (κ2) is 9.61. The number of aliphatic imine (C=N–C) groups is 2. The maximum Gasteiger partial charge on any atom is 0.235 e. The first-order valence-corrected chi connectivity index (χ1v) is 10.8. The van der Waals surface area contributed by atoms with Crippen LogP contribution in [0.25, 0.3) is 0 Å². The lowest BCUT2D eigenvalue weighted by molar-refractivity contribution is -0.117. The van der Waals surface area contributed by atoms with Gasteiger partial charge < -0.3 is 5.32 Å². The Kier molecular flexibility index (Phi) is 6.47. The van der Waals surface area contributed by atoms with Gasteiger partial charge in [-0.3, -0.25) is 9.79 Å². The molecule has 6 nitrogen and oxygen atoms in total. The third-order valence-electron chi connectivity index (χ3n) is 4.70. The number of hydrogen-bond acceptors (Lipinski definition) is 6. The molecule has 4 rings (SSSR count). The van der Waals surface area contributed by atoms with Gasteiger partial charge in [-0.25, -0.2) is 19.4 Å². The van der Waals surface area contributed by atoms with Crippen LogP contribution in [0.3, 0.4) is 0 Å². The molecule has 1 atom stereocenters. The molecule has 2 aromatic carbocycles. The van der Waals surface area contributed by atoms with Gasteiger partial charge in [-0.2, -0.15) is 0 Å². The molecule has 1 N–H and O–H groups in total. The first-order valence-electron chi connectivity index (χ1n) is 9.84. The fraction of sp³-hybridized carbons (Fsp3) is 0.174. The number of rotatable bonds is 5. The summed E-state index contributed by atoms with van der Waals surface area (Å²) in [5.41, 5.74) is 3.07. The van der Waals surface area contributed by atoms with Crippen LogP contribution in [0.1, 0.15) is 24.8 Å². The van der Waals surface area contributed by atoms with E-state index in [1.54, 1.807) is 30.6 Å². The SMILES string of the molecule is CCC1=Nc2ccccc2N=C(NC(=O)CSc2ncccn2)[C@@H]1c1ccc(F)cc1. The number of halogens is 1. The maximum atomic E-state index is 13.6. The molecule has 8 heteroatoms. The van der Waals surface area contributed by atoms with Crippen molar-refractivity contribution in [2.75, 3.05) is 5.75 Å². The Morgan fingerprint density at radius 1 is 1.00 bits per heavy atom. The Balaban J connectivity index is 1.67. The zero-order valence-electron chi connectivity index (χ0n) is 16.8. The zero-order valence-corrected chi connectivity index (χ0v) is 17.6. The van der Waals surface area contributed by atoms with Crippen molar-refractivity contribution in [2.24, 2.45) is 9.98 Å². The summed E-state index contributed by atoms with van der Waals surface area (Å²) in [5, 5.41) is 3.48. The average Bonchev–Trinajstić information content (AvgIpc) is 2.95. The first-order chi connectivity index (χ1) is 15.1. The van der Waals surface area contributed by atoms with Crippen molar-refractivity contribution in [3.63, 3.8) is 0 Å². The van der Waals surface area contributed by atoms with E-state index in [-0.39, 0.29) is 23.4 Å². The number of nitrogens with zero attached hydrogens (tertiary/aromatic N) is 4. The minimum Gasteiger partial charge on any atom is -0.313 e. The molecule has 1 aliphatic rings. The third kappa shape index (κ3) is 5.03. The molecular formula is C23H20FN5OS. The van der Waals surface area contributed by atoms with Gasteiger partial charge in [0, 0.05) is 18.1 Å². The summed E-state index contributed by atoms with van der Waals surface area (Å²) in [4.78, 5) is 30.6. The van der Waals surface area contributed by atoms with Crippen LogP contribution in [0.15, 0.2) is 82.1 Å². The molecule has 0 fully saturated rings. The molecule has 31 heavy (non-hydrogen) atoms. The summed E-state index contributed by atoms with van der Waals surface area (Å²) in [6, 6.07) is 15.5. The van der Waals surface area contributed by atoms with E-state index in [1.165, 1.54) is 23.9 Å². The number of hydrogen-bond donors (Lipinski definition) is 1. The quantitative estimate of drug-likeness (QED) is 0.461. The van der Waals surface area contributed by atoms with Gasteiger partial charge in [0.25, 0.3) is 0 Å². The number of amidine groups is 1. The van der Waals surface area contributed by atoms with Crippen LogP contribution in [0, 0.1) is 5.82 Å². The second-order valence-corrected chi connectivity index (χ2v) is 7.74. The molecule has 0 aliphatic carbocycles. The van der Waals surface area contributed by atoms with E-state index >= 15 is 0 Å². The Bertz CT molecular complexity index is 1130. The van der Waals surface area contributed by atoms with Crippen molar-refractivity contribution in [2.45, 2.75) is 24.4 Å². The van der Waals surface area contributed by atoms with E-state index < -0.39 is 0 Å². The molecule has 0 saturated heterocycles. The largest absolute Gasteiger partial charge is 0.313 e. The number of carbonyl (C=O) groups is 1. The minimum atomic E-state index is -0.389. The Hall–Kier alpha value is -3.39. The van der Waals surface area contributed by atoms with Gasteiger partial charge in [-0.15, -0.1) is 0 Å². The van der Waals surface area contributed by atoms with Gasteiger partial charge in [-0.1, -0.05) is 43.0 Å². The molecule has 3 aromatic rings. The second-order valence-electron chi connectivity index (χ2n) is 6.80. The predicted molar refractivity (Wildman–Crippen MR) is 121 cm³/mol. The molecule has 156 valence electrons. The highest BCUT2D eigenvalue weighted by Gasteiger charge is 2.28. The Labute approximate surface area is 183 Å². The number of aromatic nitrogens is 2. The first kappa shape index (κ1) is 20.9. The highest BCUT2D eigenvalue weighted by Crippen LogP contribution is 2.35. The van der Waals surface area contributed by atoms with Crippen LogP contribution in [0.5, 0.6) is 0 Å². The lowest BCUT2D eigenvalue weighted by Gasteiger charge is -2.20. The van der Waals surface area contributed by atoms with Gasteiger partial charge >= 0.3 is 0 Å². The normalized spacial score (nSPS) is 15.4. The number of fused-ring (bicyclic) bond motifs is 1. The van der Waals surface area contributed by atoms with E-state index in [0.29, 0.717) is 23.1 Å². The van der Waals surface area contributed by atoms with Crippen LogP contribution in [0.4, 0.5) is 15.8 Å². The molecular weight excluding hydrogens is 413 g/mol. The molecule has 1 aliphatic heterocycles. The van der Waals surface area contributed by atoms with Crippen LogP contribution < -0.4 is 5.32 Å². The van der Waals surface area contributed by atoms with Crippen molar-refractivity contribution in [3.05, 3.63) is 78.4 Å². The van der Waals surface area contributed by atoms with Gasteiger partial charge in [0.05, 0.1) is 23.0 Å². The lowest BCUT2D eigenvalue weighted by atomic mass is 9.91. The molecule has 1 amide bonds. The van der Waals surface area contributed by atoms with E-state index in [4.69, 9.17) is 9.98 Å². The van der Waals surface area contributed by atoms with Crippen molar-refractivity contribution in [3.8, 4) is 0 Å². The van der Waals surface area contributed by atoms with Crippen LogP contribution >= 0.6 is 11.8 Å². The molecule has 0 unspecified atom stereocenters. The third-order valence-corrected chi connectivity index (χ3v) is 5.58. The highest BCUT2D eigenvalue weighted by atomic mass is 32.2. The monoisotopic (exact) mass is 433 g/mol. The molecule has 0 radical (unpaired) electrons. The zero-order chi connectivity index (χ0) is 21.6. The van der Waals surface area contributed by atoms with Gasteiger partial charge in [0.1, 0.15) is 11.7 Å². The molecule has 2 heterocycles. The topological polar surface area (TPSA) is 79.6 Å². The molecule has 0 spiro atoms. The molecule has 1 aromatic heterocycles. The van der Waals surface area contributed by atoms with Gasteiger partial charge in [0.2, 0.25) is 5.91 Å². The average molecular weight is 434 g/mol. The smallest absolute Gasteiger partial charge is 0.235 e. The Morgan fingerprint density at radius 3 is 2.35 bits per heavy atom. The summed E-state index contributed by atoms with van der Waals surface area (Å²) in [7, 11) is 0. The van der Waals surface area contributed by atoms with Crippen molar-refractivity contribution in [1.29, 1.82) is 0 Å². The fourth-order valence-electron chi connectivity index (χ4n) is 3.28. The maximum absolute atomic E-state index is 13.6. The standard InChI is InChI=1S/C23H20FN5OS/c1-2-17-21(15-8-10-16(24)11-9-15)22(28-19-7-4-3-6-18(19)27-17)29-20(30)14-31-23-25-12-5-13-26-23/h3-13,21H,2,14H2,1H3,(H,28,29,30)/t21-/m1/s1. The number of benzene rings is 2. The van der Waals surface area contributed by atoms with Crippen LogP contribution in [-0.2, 0) is 4.79 Å². The van der Waals surface area contributed by atoms with Gasteiger partial charge in [0.15, 0.2) is 5.16 Å². The summed E-state index contributed by atoms with van der Waals surface area (Å²) < 4.78 is 13.6. The fourth-order valence-corrected chi connectivity index (χ4v) is 3.89.